The number of benzene rings is 1. The van der Waals surface area contributed by atoms with Crippen LogP contribution in [0.1, 0.15) is 41.7 Å². The molecule has 1 aromatic carbocycles. The minimum atomic E-state index is -0.753. The number of fused-ring (bicyclic) bond motifs is 1. The van der Waals surface area contributed by atoms with E-state index in [2.05, 4.69) is 34.7 Å². The number of rotatable bonds is 3. The Balaban J connectivity index is 1.59. The fourth-order valence-electron chi connectivity index (χ4n) is 3.91. The molecule has 0 saturated carbocycles. The van der Waals surface area contributed by atoms with Crippen molar-refractivity contribution in [2.45, 2.75) is 25.8 Å². The molecule has 154 valence electrons. The molecule has 30 heavy (non-hydrogen) atoms. The lowest BCUT2D eigenvalue weighted by molar-refractivity contribution is -0.146. The quantitative estimate of drug-likeness (QED) is 0.632. The predicted octanol–water partition coefficient (Wildman–Crippen LogP) is 3.33. The molecule has 2 unspecified atom stereocenters. The Labute approximate surface area is 177 Å². The van der Waals surface area contributed by atoms with Gasteiger partial charge in [0.25, 0.3) is 0 Å². The summed E-state index contributed by atoms with van der Waals surface area (Å²) in [6.07, 6.45) is 4.48. The first-order chi connectivity index (χ1) is 14.4. The number of nitrogens with zero attached hydrogens (tertiary/aromatic N) is 2. The summed E-state index contributed by atoms with van der Waals surface area (Å²) in [5.74, 6) is -1.69. The van der Waals surface area contributed by atoms with Crippen LogP contribution in [0, 0.1) is 5.92 Å². The summed E-state index contributed by atoms with van der Waals surface area (Å²) < 4.78 is 1.16. The van der Waals surface area contributed by atoms with Gasteiger partial charge in [-0.3, -0.25) is 19.4 Å². The molecule has 0 aliphatic carbocycles. The second-order valence-corrected chi connectivity index (χ2v) is 8.53. The van der Waals surface area contributed by atoms with E-state index in [-0.39, 0.29) is 17.3 Å². The Morgan fingerprint density at radius 1 is 1.20 bits per heavy atom. The molecule has 0 bridgehead atoms. The van der Waals surface area contributed by atoms with Gasteiger partial charge in [0, 0.05) is 17.4 Å². The number of amides is 3. The maximum atomic E-state index is 13.1. The normalized spacial score (nSPS) is 18.9. The van der Waals surface area contributed by atoms with Gasteiger partial charge in [-0.05, 0) is 47.2 Å². The zero-order chi connectivity index (χ0) is 21.3. The zero-order valence-electron chi connectivity index (χ0n) is 16.5. The molecule has 2 atom stereocenters. The van der Waals surface area contributed by atoms with Gasteiger partial charge < -0.3 is 16.0 Å². The van der Waals surface area contributed by atoms with Crippen LogP contribution in [0.2, 0.25) is 0 Å². The van der Waals surface area contributed by atoms with Crippen LogP contribution >= 0.6 is 11.3 Å². The molecule has 1 fully saturated rings. The van der Waals surface area contributed by atoms with Crippen molar-refractivity contribution in [2.75, 3.05) is 11.9 Å². The Kier molecular flexibility index (Phi) is 5.50. The van der Waals surface area contributed by atoms with Crippen molar-refractivity contribution in [3.63, 3.8) is 0 Å². The molecule has 2 aromatic heterocycles. The van der Waals surface area contributed by atoms with Gasteiger partial charge in [-0.2, -0.15) is 0 Å². The van der Waals surface area contributed by atoms with Crippen molar-refractivity contribution in [1.82, 2.24) is 9.88 Å². The Bertz CT molecular complexity index is 1130. The van der Waals surface area contributed by atoms with Crippen LogP contribution in [0.4, 0.5) is 5.69 Å². The molecule has 0 spiro atoms. The number of carbonyl (C=O) groups excluding carboxylic acids is 3. The maximum absolute atomic E-state index is 13.1. The van der Waals surface area contributed by atoms with Gasteiger partial charge in [-0.1, -0.05) is 25.1 Å². The summed E-state index contributed by atoms with van der Waals surface area (Å²) in [7, 11) is 0. The number of carbonyl (C=O) groups is 3. The molecule has 3 N–H and O–H groups in total. The van der Waals surface area contributed by atoms with E-state index in [4.69, 9.17) is 5.73 Å². The highest BCUT2D eigenvalue weighted by Crippen LogP contribution is 2.39. The monoisotopic (exact) mass is 422 g/mol. The number of hydrogen-bond acceptors (Lipinski definition) is 5. The van der Waals surface area contributed by atoms with Gasteiger partial charge in [0.15, 0.2) is 0 Å². The van der Waals surface area contributed by atoms with Crippen molar-refractivity contribution in [3.05, 3.63) is 59.2 Å². The highest BCUT2D eigenvalue weighted by molar-refractivity contribution is 7.17. The van der Waals surface area contributed by atoms with E-state index in [0.29, 0.717) is 12.5 Å². The fourth-order valence-corrected chi connectivity index (χ4v) is 4.92. The van der Waals surface area contributed by atoms with Gasteiger partial charge in [-0.25, -0.2) is 0 Å². The minimum Gasteiger partial charge on any atom is -0.366 e. The standard InChI is InChI=1S/C22H22N4O3S/c1-13-6-7-18(17-12-30-19-5-3-2-4-16(17)19)26(11-13)22(29)21(28)25-15-8-14(20(23)27)9-24-10-15/h2-5,8-10,12-13,18H,6-7,11H2,1H3,(H2,23,27)(H,25,28). The number of likely N-dealkylation sites (tertiary alicyclic amines) is 1. The van der Waals surface area contributed by atoms with Crippen LogP contribution in [0.3, 0.4) is 0 Å². The van der Waals surface area contributed by atoms with E-state index in [9.17, 15) is 14.4 Å². The number of anilines is 1. The first-order valence-corrected chi connectivity index (χ1v) is 10.6. The Morgan fingerprint density at radius 2 is 2.00 bits per heavy atom. The van der Waals surface area contributed by atoms with Crippen molar-refractivity contribution in [1.29, 1.82) is 0 Å². The summed E-state index contributed by atoms with van der Waals surface area (Å²) in [5, 5.41) is 5.77. The van der Waals surface area contributed by atoms with Gasteiger partial charge in [-0.15, -0.1) is 11.3 Å². The second-order valence-electron chi connectivity index (χ2n) is 7.62. The third kappa shape index (κ3) is 3.91. The number of pyridine rings is 1. The fraction of sp³-hybridized carbons (Fsp3) is 0.273. The molecule has 3 aromatic rings. The van der Waals surface area contributed by atoms with Crippen LogP contribution in [-0.2, 0) is 9.59 Å². The molecule has 7 nitrogen and oxygen atoms in total. The van der Waals surface area contributed by atoms with E-state index in [1.165, 1.54) is 18.5 Å². The summed E-state index contributed by atoms with van der Waals surface area (Å²) in [5.41, 5.74) is 6.76. The van der Waals surface area contributed by atoms with E-state index in [1.54, 1.807) is 16.2 Å². The summed E-state index contributed by atoms with van der Waals surface area (Å²) in [6, 6.07) is 9.36. The van der Waals surface area contributed by atoms with Crippen molar-refractivity contribution >= 4 is 44.8 Å². The molecule has 3 heterocycles. The third-order valence-corrected chi connectivity index (χ3v) is 6.40. The summed E-state index contributed by atoms with van der Waals surface area (Å²) in [4.78, 5) is 42.7. The predicted molar refractivity (Wildman–Crippen MR) is 116 cm³/mol. The zero-order valence-corrected chi connectivity index (χ0v) is 17.3. The first-order valence-electron chi connectivity index (χ1n) is 9.77. The van der Waals surface area contributed by atoms with Crippen LogP contribution in [0.5, 0.6) is 0 Å². The molecule has 3 amide bonds. The van der Waals surface area contributed by atoms with Gasteiger partial charge in [0.1, 0.15) is 0 Å². The highest BCUT2D eigenvalue weighted by atomic mass is 32.1. The lowest BCUT2D eigenvalue weighted by atomic mass is 9.89. The molecule has 0 radical (unpaired) electrons. The van der Waals surface area contributed by atoms with Crippen LogP contribution < -0.4 is 11.1 Å². The minimum absolute atomic E-state index is 0.148. The van der Waals surface area contributed by atoms with E-state index >= 15 is 0 Å². The van der Waals surface area contributed by atoms with Crippen molar-refractivity contribution < 1.29 is 14.4 Å². The van der Waals surface area contributed by atoms with Crippen LogP contribution in [0.15, 0.2) is 48.1 Å². The molecular weight excluding hydrogens is 400 g/mol. The molecule has 1 aliphatic heterocycles. The lowest BCUT2D eigenvalue weighted by Crippen LogP contribution is -2.46. The molecule has 4 rings (SSSR count). The average Bonchev–Trinajstić information content (AvgIpc) is 3.17. The lowest BCUT2D eigenvalue weighted by Gasteiger charge is -2.38. The largest absolute Gasteiger partial charge is 0.366 e. The smallest absolute Gasteiger partial charge is 0.313 e. The van der Waals surface area contributed by atoms with Gasteiger partial charge in [0.2, 0.25) is 5.91 Å². The number of thiophene rings is 1. The van der Waals surface area contributed by atoms with Gasteiger partial charge >= 0.3 is 11.8 Å². The highest BCUT2D eigenvalue weighted by Gasteiger charge is 2.35. The molecule has 1 saturated heterocycles. The topological polar surface area (TPSA) is 105 Å². The van der Waals surface area contributed by atoms with Crippen molar-refractivity contribution in [2.24, 2.45) is 11.7 Å². The number of aromatic nitrogens is 1. The number of nitrogens with two attached hydrogens (primary N) is 1. The number of hydrogen-bond donors (Lipinski definition) is 2. The summed E-state index contributed by atoms with van der Waals surface area (Å²) >= 11 is 1.65. The number of nitrogens with one attached hydrogen (secondary N) is 1. The molecule has 1 aliphatic rings. The average molecular weight is 423 g/mol. The van der Waals surface area contributed by atoms with E-state index < -0.39 is 17.7 Å². The van der Waals surface area contributed by atoms with E-state index in [0.717, 1.165) is 28.5 Å². The van der Waals surface area contributed by atoms with Crippen LogP contribution in [-0.4, -0.2) is 34.2 Å². The van der Waals surface area contributed by atoms with E-state index in [1.807, 2.05) is 12.1 Å². The summed E-state index contributed by atoms with van der Waals surface area (Å²) in [6.45, 7) is 2.60. The molecular formula is C22H22N4O3S. The van der Waals surface area contributed by atoms with Crippen LogP contribution in [0.25, 0.3) is 10.1 Å². The molecule has 8 heteroatoms. The Hall–Kier alpha value is -3.26. The number of piperidine rings is 1. The van der Waals surface area contributed by atoms with Crippen molar-refractivity contribution in [3.8, 4) is 0 Å². The Morgan fingerprint density at radius 3 is 2.80 bits per heavy atom. The first kappa shape index (κ1) is 20.0. The number of primary amides is 1. The SMILES string of the molecule is CC1CCC(c2csc3ccccc23)N(C(=O)C(=O)Nc2cncc(C(N)=O)c2)C1. The van der Waals surface area contributed by atoms with Gasteiger partial charge in [0.05, 0.1) is 23.5 Å². The second kappa shape index (κ2) is 8.23. The maximum Gasteiger partial charge on any atom is 0.313 e. The third-order valence-electron chi connectivity index (χ3n) is 5.42.